The number of hydrogen-bond donors (Lipinski definition) is 0. The molecule has 0 nitrogen and oxygen atoms in total. The first-order chi connectivity index (χ1) is 15.8. The van der Waals surface area contributed by atoms with Crippen LogP contribution in [0.2, 0.25) is 0 Å². The Balaban J connectivity index is 3.00. The van der Waals surface area contributed by atoms with Crippen molar-refractivity contribution in [1.82, 2.24) is 0 Å². The molecular formula is C32H66. The Labute approximate surface area is 206 Å². The summed E-state index contributed by atoms with van der Waals surface area (Å²) in [4.78, 5) is 0. The molecule has 0 spiro atoms. The summed E-state index contributed by atoms with van der Waals surface area (Å²) >= 11 is 0. The van der Waals surface area contributed by atoms with E-state index in [9.17, 15) is 0 Å². The minimum Gasteiger partial charge on any atom is -0.0654 e. The molecule has 0 aromatic rings. The van der Waals surface area contributed by atoms with E-state index in [0.29, 0.717) is 0 Å². The summed E-state index contributed by atoms with van der Waals surface area (Å²) in [5.74, 6) is 0.897. The van der Waals surface area contributed by atoms with E-state index in [1.807, 2.05) is 0 Å². The summed E-state index contributed by atoms with van der Waals surface area (Å²) in [6, 6.07) is 0. The van der Waals surface area contributed by atoms with Crippen LogP contribution in [0.1, 0.15) is 201 Å². The van der Waals surface area contributed by atoms with Gasteiger partial charge in [-0.2, -0.15) is 0 Å². The van der Waals surface area contributed by atoms with Gasteiger partial charge in [-0.15, -0.1) is 0 Å². The van der Waals surface area contributed by atoms with Crippen molar-refractivity contribution in [2.24, 2.45) is 5.92 Å². The van der Waals surface area contributed by atoms with E-state index < -0.39 is 0 Å². The number of unbranched alkanes of at least 4 members (excludes halogenated alkanes) is 26. The second-order valence-electron chi connectivity index (χ2n) is 11.4. The van der Waals surface area contributed by atoms with Crippen LogP contribution < -0.4 is 0 Å². The van der Waals surface area contributed by atoms with Gasteiger partial charge in [0.1, 0.15) is 0 Å². The van der Waals surface area contributed by atoms with Crippen LogP contribution in [-0.2, 0) is 0 Å². The molecular weight excluding hydrogens is 384 g/mol. The third kappa shape index (κ3) is 30.0. The highest BCUT2D eigenvalue weighted by atomic mass is 14.0. The molecule has 0 aliphatic carbocycles. The topological polar surface area (TPSA) is 0 Å². The van der Waals surface area contributed by atoms with Gasteiger partial charge in [-0.1, -0.05) is 201 Å². The zero-order chi connectivity index (χ0) is 23.4. The molecule has 194 valence electrons. The van der Waals surface area contributed by atoms with Crippen LogP contribution in [0.15, 0.2) is 0 Å². The van der Waals surface area contributed by atoms with E-state index in [1.165, 1.54) is 180 Å². The molecule has 0 amide bonds. The van der Waals surface area contributed by atoms with Crippen LogP contribution in [0, 0.1) is 5.92 Å². The van der Waals surface area contributed by atoms with Crippen molar-refractivity contribution < 1.29 is 0 Å². The molecule has 0 saturated heterocycles. The van der Waals surface area contributed by atoms with E-state index in [0.717, 1.165) is 5.92 Å². The maximum atomic E-state index is 2.35. The molecule has 0 unspecified atom stereocenters. The van der Waals surface area contributed by atoms with Crippen LogP contribution in [0.4, 0.5) is 0 Å². The third-order valence-corrected chi connectivity index (χ3v) is 7.39. The second-order valence-corrected chi connectivity index (χ2v) is 11.4. The lowest BCUT2D eigenvalue weighted by molar-refractivity contribution is 0.500. The first-order valence-corrected chi connectivity index (χ1v) is 15.8. The van der Waals surface area contributed by atoms with Crippen molar-refractivity contribution >= 4 is 0 Å². The highest BCUT2D eigenvalue weighted by Gasteiger charge is 1.97. The fourth-order valence-electron chi connectivity index (χ4n) is 5.05. The first-order valence-electron chi connectivity index (χ1n) is 15.8. The predicted molar refractivity (Wildman–Crippen MR) is 150 cm³/mol. The molecule has 0 aromatic carbocycles. The van der Waals surface area contributed by atoms with Crippen molar-refractivity contribution in [2.75, 3.05) is 0 Å². The van der Waals surface area contributed by atoms with Gasteiger partial charge in [0, 0.05) is 0 Å². The largest absolute Gasteiger partial charge is 0.0654 e. The summed E-state index contributed by atoms with van der Waals surface area (Å²) < 4.78 is 0. The van der Waals surface area contributed by atoms with Gasteiger partial charge in [0.2, 0.25) is 0 Å². The van der Waals surface area contributed by atoms with Gasteiger partial charge in [-0.25, -0.2) is 0 Å². The maximum absolute atomic E-state index is 2.35. The lowest BCUT2D eigenvalue weighted by atomic mass is 10.0. The fourth-order valence-corrected chi connectivity index (χ4v) is 5.05. The average molecular weight is 451 g/mol. The van der Waals surface area contributed by atoms with Gasteiger partial charge in [0.25, 0.3) is 0 Å². The molecule has 0 aliphatic heterocycles. The van der Waals surface area contributed by atoms with Gasteiger partial charge in [-0.05, 0) is 5.92 Å². The standard InChI is InChI=1S/C32H66/c1-4-5-6-7-8-9-10-11-12-13-14-15-16-17-18-19-20-21-22-23-24-25-26-27-28-29-30-31-32(2)3/h32H,4-31H2,1-3H3. The minimum absolute atomic E-state index is 0.897. The van der Waals surface area contributed by atoms with Gasteiger partial charge in [-0.3, -0.25) is 0 Å². The van der Waals surface area contributed by atoms with Crippen LogP contribution >= 0.6 is 0 Å². The molecule has 0 aliphatic rings. The molecule has 0 fully saturated rings. The molecule has 0 rings (SSSR count). The Kier molecular flexibility index (Phi) is 29.0. The third-order valence-electron chi connectivity index (χ3n) is 7.39. The molecule has 0 radical (unpaired) electrons. The zero-order valence-corrected chi connectivity index (χ0v) is 23.4. The maximum Gasteiger partial charge on any atom is -0.0471 e. The quantitative estimate of drug-likeness (QED) is 0.104. The molecule has 0 saturated carbocycles. The van der Waals surface area contributed by atoms with Crippen molar-refractivity contribution in [3.8, 4) is 0 Å². The van der Waals surface area contributed by atoms with Gasteiger partial charge in [0.15, 0.2) is 0 Å². The Morgan fingerprint density at radius 2 is 0.469 bits per heavy atom. The highest BCUT2D eigenvalue weighted by Crippen LogP contribution is 2.16. The van der Waals surface area contributed by atoms with E-state index in [2.05, 4.69) is 20.8 Å². The van der Waals surface area contributed by atoms with Crippen molar-refractivity contribution in [1.29, 1.82) is 0 Å². The van der Waals surface area contributed by atoms with E-state index in [-0.39, 0.29) is 0 Å². The first kappa shape index (κ1) is 32.0. The van der Waals surface area contributed by atoms with Crippen LogP contribution in [-0.4, -0.2) is 0 Å². The normalized spacial score (nSPS) is 11.6. The lowest BCUT2D eigenvalue weighted by Crippen LogP contribution is -1.87. The van der Waals surface area contributed by atoms with Gasteiger partial charge >= 0.3 is 0 Å². The summed E-state index contributed by atoms with van der Waals surface area (Å²) in [5.41, 5.74) is 0. The molecule has 0 N–H and O–H groups in total. The van der Waals surface area contributed by atoms with Gasteiger partial charge < -0.3 is 0 Å². The zero-order valence-electron chi connectivity index (χ0n) is 23.4. The summed E-state index contributed by atoms with van der Waals surface area (Å²) in [6.07, 6.45) is 41.4. The Hall–Kier alpha value is 0. The molecule has 0 aromatic heterocycles. The van der Waals surface area contributed by atoms with Crippen LogP contribution in [0.5, 0.6) is 0 Å². The lowest BCUT2D eigenvalue weighted by Gasteiger charge is -2.05. The number of rotatable bonds is 28. The molecule has 0 heterocycles. The van der Waals surface area contributed by atoms with Crippen LogP contribution in [0.25, 0.3) is 0 Å². The van der Waals surface area contributed by atoms with E-state index in [1.54, 1.807) is 0 Å². The molecule has 0 heteroatoms. The summed E-state index contributed by atoms with van der Waals surface area (Å²) in [7, 11) is 0. The van der Waals surface area contributed by atoms with E-state index in [4.69, 9.17) is 0 Å². The summed E-state index contributed by atoms with van der Waals surface area (Å²) in [6.45, 7) is 7.00. The number of hydrogen-bond acceptors (Lipinski definition) is 0. The molecule has 0 bridgehead atoms. The monoisotopic (exact) mass is 451 g/mol. The fraction of sp³-hybridized carbons (Fsp3) is 1.00. The Morgan fingerprint density at radius 3 is 0.656 bits per heavy atom. The highest BCUT2D eigenvalue weighted by molar-refractivity contribution is 4.52. The summed E-state index contributed by atoms with van der Waals surface area (Å²) in [5, 5.41) is 0. The van der Waals surface area contributed by atoms with Gasteiger partial charge in [0.05, 0.1) is 0 Å². The smallest absolute Gasteiger partial charge is 0.0471 e. The Bertz CT molecular complexity index is 305. The van der Waals surface area contributed by atoms with E-state index >= 15 is 0 Å². The molecule has 32 heavy (non-hydrogen) atoms. The van der Waals surface area contributed by atoms with Crippen molar-refractivity contribution in [3.63, 3.8) is 0 Å². The van der Waals surface area contributed by atoms with Crippen molar-refractivity contribution in [2.45, 2.75) is 201 Å². The predicted octanol–water partition coefficient (Wildman–Crippen LogP) is 12.6. The van der Waals surface area contributed by atoms with Crippen LogP contribution in [0.3, 0.4) is 0 Å². The second kappa shape index (κ2) is 29.0. The average Bonchev–Trinajstić information content (AvgIpc) is 2.78. The minimum atomic E-state index is 0.897. The SMILES string of the molecule is CCCCCCCCCCCCCCCCCCCCCCCCCCCCCC(C)C. The van der Waals surface area contributed by atoms with Crippen molar-refractivity contribution in [3.05, 3.63) is 0 Å². The molecule has 0 atom stereocenters. The Morgan fingerprint density at radius 1 is 0.281 bits per heavy atom.